The summed E-state index contributed by atoms with van der Waals surface area (Å²) in [6, 6.07) is 14.7. The van der Waals surface area contributed by atoms with Gasteiger partial charge in [-0.05, 0) is 55.0 Å². The molecule has 4 aromatic rings. The van der Waals surface area contributed by atoms with Crippen LogP contribution in [0.4, 0.5) is 13.2 Å². The zero-order chi connectivity index (χ0) is 19.9. The zero-order valence-electron chi connectivity index (χ0n) is 14.9. The number of alkyl halides is 3. The number of nitrogens with one attached hydrogen (secondary N) is 1. The molecule has 142 valence electrons. The molecule has 4 rings (SSSR count). The highest BCUT2D eigenvalue weighted by Gasteiger charge is 2.31. The van der Waals surface area contributed by atoms with Gasteiger partial charge < -0.3 is 9.72 Å². The minimum atomic E-state index is -4.50. The number of nitrogens with zero attached hydrogens (tertiary/aromatic N) is 2. The van der Waals surface area contributed by atoms with Crippen molar-refractivity contribution in [2.75, 3.05) is 0 Å². The van der Waals surface area contributed by atoms with Crippen LogP contribution in [0.15, 0.2) is 60.8 Å². The van der Waals surface area contributed by atoms with Gasteiger partial charge in [0.1, 0.15) is 0 Å². The van der Waals surface area contributed by atoms with Crippen LogP contribution in [0.1, 0.15) is 27.2 Å². The van der Waals surface area contributed by atoms with Gasteiger partial charge in [0.2, 0.25) is 0 Å². The van der Waals surface area contributed by atoms with E-state index >= 15 is 0 Å². The summed E-state index contributed by atoms with van der Waals surface area (Å²) in [6.45, 7) is 1.63. The third kappa shape index (κ3) is 3.31. The molecule has 0 unspecified atom stereocenters. The molecule has 2 aromatic heterocycles. The van der Waals surface area contributed by atoms with Gasteiger partial charge in [-0.1, -0.05) is 12.1 Å². The lowest BCUT2D eigenvalue weighted by atomic mass is 10.1. The fraction of sp³-hybridized carbons (Fsp3) is 0.143. The Labute approximate surface area is 158 Å². The van der Waals surface area contributed by atoms with Gasteiger partial charge in [0.05, 0.1) is 34.4 Å². The van der Waals surface area contributed by atoms with Crippen LogP contribution >= 0.6 is 0 Å². The second-order valence-corrected chi connectivity index (χ2v) is 6.58. The van der Waals surface area contributed by atoms with E-state index in [4.69, 9.17) is 0 Å². The van der Waals surface area contributed by atoms with Crippen LogP contribution in [-0.2, 0) is 12.7 Å². The van der Waals surface area contributed by atoms with E-state index in [1.165, 1.54) is 13.0 Å². The molecule has 0 radical (unpaired) electrons. The standard InChI is InChI=1S/C21H16F3N3O/c1-13-9-14(11-15(10-13)21(22,23)24)20(28)25-12-17-19-7-4-8-27(19)18-6-3-2-5-16(18)26-17/h2-11H,12H2,1H3,(H,25,28). The summed E-state index contributed by atoms with van der Waals surface area (Å²) >= 11 is 0. The van der Waals surface area contributed by atoms with Crippen LogP contribution in [0.3, 0.4) is 0 Å². The Bertz CT molecular complexity index is 1190. The van der Waals surface area contributed by atoms with Crippen LogP contribution in [0.5, 0.6) is 0 Å². The van der Waals surface area contributed by atoms with Crippen molar-refractivity contribution in [3.63, 3.8) is 0 Å². The van der Waals surface area contributed by atoms with Crippen molar-refractivity contribution >= 4 is 22.5 Å². The molecule has 0 saturated heterocycles. The van der Waals surface area contributed by atoms with Crippen molar-refractivity contribution < 1.29 is 18.0 Å². The molecule has 0 atom stereocenters. The van der Waals surface area contributed by atoms with Gasteiger partial charge in [0.25, 0.3) is 5.91 Å². The van der Waals surface area contributed by atoms with Crippen molar-refractivity contribution in [1.29, 1.82) is 0 Å². The smallest absolute Gasteiger partial charge is 0.346 e. The molecule has 0 aliphatic heterocycles. The third-order valence-electron chi connectivity index (χ3n) is 4.52. The number of carbonyl (C=O) groups is 1. The van der Waals surface area contributed by atoms with Crippen molar-refractivity contribution in [1.82, 2.24) is 14.7 Å². The highest BCUT2D eigenvalue weighted by Crippen LogP contribution is 2.30. The number of hydrogen-bond acceptors (Lipinski definition) is 2. The Hall–Kier alpha value is -3.35. The maximum Gasteiger partial charge on any atom is 0.416 e. The first kappa shape index (κ1) is 18.0. The van der Waals surface area contributed by atoms with E-state index in [1.54, 1.807) is 0 Å². The molecule has 1 N–H and O–H groups in total. The molecule has 28 heavy (non-hydrogen) atoms. The maximum absolute atomic E-state index is 13.0. The van der Waals surface area contributed by atoms with Crippen LogP contribution in [0.25, 0.3) is 16.6 Å². The van der Waals surface area contributed by atoms with Gasteiger partial charge >= 0.3 is 6.18 Å². The normalized spacial score (nSPS) is 11.9. The summed E-state index contributed by atoms with van der Waals surface area (Å²) in [6.07, 6.45) is -2.60. The van der Waals surface area contributed by atoms with E-state index in [2.05, 4.69) is 10.3 Å². The summed E-state index contributed by atoms with van der Waals surface area (Å²) < 4.78 is 41.0. The number of halogens is 3. The molecule has 0 aliphatic carbocycles. The number of fused-ring (bicyclic) bond motifs is 3. The molecular weight excluding hydrogens is 367 g/mol. The van der Waals surface area contributed by atoms with Gasteiger partial charge in [-0.15, -0.1) is 0 Å². The summed E-state index contributed by atoms with van der Waals surface area (Å²) in [7, 11) is 0. The van der Waals surface area contributed by atoms with Gasteiger partial charge in [0, 0.05) is 11.8 Å². The summed E-state index contributed by atoms with van der Waals surface area (Å²) in [5.74, 6) is -0.575. The number of amides is 1. The molecule has 7 heteroatoms. The number of benzene rings is 2. The largest absolute Gasteiger partial charge is 0.416 e. The van der Waals surface area contributed by atoms with Gasteiger partial charge in [-0.3, -0.25) is 4.79 Å². The van der Waals surface area contributed by atoms with Crippen molar-refractivity contribution in [3.05, 3.63) is 83.2 Å². The lowest BCUT2D eigenvalue weighted by molar-refractivity contribution is -0.137. The van der Waals surface area contributed by atoms with E-state index in [0.29, 0.717) is 11.3 Å². The molecule has 0 saturated carbocycles. The number of para-hydroxylation sites is 2. The van der Waals surface area contributed by atoms with Crippen LogP contribution in [0.2, 0.25) is 0 Å². The van der Waals surface area contributed by atoms with E-state index in [-0.39, 0.29) is 12.1 Å². The number of rotatable bonds is 3. The fourth-order valence-corrected chi connectivity index (χ4v) is 3.27. The Balaban J connectivity index is 1.64. The van der Waals surface area contributed by atoms with Gasteiger partial charge in [-0.2, -0.15) is 13.2 Å². The van der Waals surface area contributed by atoms with Gasteiger partial charge in [-0.25, -0.2) is 4.98 Å². The molecule has 0 spiro atoms. The SMILES string of the molecule is Cc1cc(C(=O)NCc2nc3ccccc3n3cccc23)cc(C(F)(F)F)c1. The third-order valence-corrected chi connectivity index (χ3v) is 4.52. The van der Waals surface area contributed by atoms with E-state index in [9.17, 15) is 18.0 Å². The number of aromatic nitrogens is 2. The molecule has 2 aromatic carbocycles. The van der Waals surface area contributed by atoms with E-state index in [0.717, 1.165) is 28.7 Å². The summed E-state index contributed by atoms with van der Waals surface area (Å²) in [5.41, 5.74) is 2.68. The second-order valence-electron chi connectivity index (χ2n) is 6.58. The highest BCUT2D eigenvalue weighted by molar-refractivity contribution is 5.94. The Morgan fingerprint density at radius 3 is 2.61 bits per heavy atom. The minimum absolute atomic E-state index is 0.0282. The molecular formula is C21H16F3N3O. The predicted molar refractivity (Wildman–Crippen MR) is 100 cm³/mol. The monoisotopic (exact) mass is 383 g/mol. The number of carbonyl (C=O) groups excluding carboxylic acids is 1. The first-order valence-electron chi connectivity index (χ1n) is 8.65. The summed E-state index contributed by atoms with van der Waals surface area (Å²) in [4.78, 5) is 17.1. The van der Waals surface area contributed by atoms with Crippen LogP contribution < -0.4 is 5.32 Å². The second kappa shape index (κ2) is 6.67. The number of hydrogen-bond donors (Lipinski definition) is 1. The lowest BCUT2D eigenvalue weighted by Crippen LogP contribution is -2.24. The average Bonchev–Trinajstić information content (AvgIpc) is 3.15. The summed E-state index contributed by atoms with van der Waals surface area (Å²) in [5, 5.41) is 2.69. The molecule has 2 heterocycles. The van der Waals surface area contributed by atoms with Crippen LogP contribution in [0, 0.1) is 6.92 Å². The highest BCUT2D eigenvalue weighted by atomic mass is 19.4. The zero-order valence-corrected chi connectivity index (χ0v) is 14.9. The van der Waals surface area contributed by atoms with E-state index < -0.39 is 17.6 Å². The Morgan fingerprint density at radius 2 is 1.82 bits per heavy atom. The first-order chi connectivity index (χ1) is 13.3. The molecule has 4 nitrogen and oxygen atoms in total. The van der Waals surface area contributed by atoms with Crippen molar-refractivity contribution in [2.45, 2.75) is 19.6 Å². The minimum Gasteiger partial charge on any atom is -0.346 e. The van der Waals surface area contributed by atoms with Crippen molar-refractivity contribution in [2.24, 2.45) is 0 Å². The lowest BCUT2D eigenvalue weighted by Gasteiger charge is -2.12. The first-order valence-corrected chi connectivity index (χ1v) is 8.65. The van der Waals surface area contributed by atoms with Crippen molar-refractivity contribution in [3.8, 4) is 0 Å². The average molecular weight is 383 g/mol. The number of aryl methyl sites for hydroxylation is 1. The molecule has 0 bridgehead atoms. The van der Waals surface area contributed by atoms with Gasteiger partial charge in [0.15, 0.2) is 0 Å². The Morgan fingerprint density at radius 1 is 1.07 bits per heavy atom. The Kier molecular flexibility index (Phi) is 4.30. The fourth-order valence-electron chi connectivity index (χ4n) is 3.27. The maximum atomic E-state index is 13.0. The van der Waals surface area contributed by atoms with Crippen LogP contribution in [-0.4, -0.2) is 15.3 Å². The molecule has 0 fully saturated rings. The predicted octanol–water partition coefficient (Wildman–Crippen LogP) is 4.74. The molecule has 1 amide bonds. The molecule has 0 aliphatic rings. The quantitative estimate of drug-likeness (QED) is 0.555. The van der Waals surface area contributed by atoms with E-state index in [1.807, 2.05) is 47.0 Å². The topological polar surface area (TPSA) is 46.4 Å².